The molecule has 6 heteroatoms. The molecule has 2 N–H and O–H groups in total. The molecule has 0 bridgehead atoms. The Kier molecular flexibility index (Phi) is 9.15. The molecule has 11 heavy (non-hydrogen) atoms. The third-order valence-corrected chi connectivity index (χ3v) is 23.1. The van der Waals surface area contributed by atoms with Gasteiger partial charge in [-0.25, -0.2) is 0 Å². The third kappa shape index (κ3) is 9.23. The van der Waals surface area contributed by atoms with Gasteiger partial charge >= 0.3 is 81.0 Å². The average molecular weight is 390 g/mol. The number of nitrogens with zero attached hydrogens (tertiary/aromatic N) is 1. The van der Waals surface area contributed by atoms with Crippen molar-refractivity contribution >= 4 is 56.6 Å². The van der Waals surface area contributed by atoms with Crippen LogP contribution in [0.25, 0.3) is 0 Å². The van der Waals surface area contributed by atoms with Gasteiger partial charge in [0.1, 0.15) is 0 Å². The van der Waals surface area contributed by atoms with Crippen LogP contribution in [0.4, 0.5) is 0 Å². The van der Waals surface area contributed by atoms with Crippen LogP contribution in [0.3, 0.4) is 0 Å². The summed E-state index contributed by atoms with van der Waals surface area (Å²) >= 11 is 0.673. The standard InChI is InChI=1S/CNS.4CH3.H2O.O.2Sn/c2-1-3;;;;;;;;/h;4*1H3;1H2;;;/q-1;;;;;;;;+1. The van der Waals surface area contributed by atoms with Crippen LogP contribution in [-0.4, -0.2) is 49.9 Å². The molecule has 0 amide bonds. The second-order valence-electron chi connectivity index (χ2n) is 2.66. The second-order valence-corrected chi connectivity index (χ2v) is 21.4. The summed E-state index contributed by atoms with van der Waals surface area (Å²) in [7, 11) is 0. The molecule has 0 aliphatic carbocycles. The van der Waals surface area contributed by atoms with E-state index >= 15 is 0 Å². The molecule has 0 aliphatic heterocycles. The minimum atomic E-state index is -2.45. The van der Waals surface area contributed by atoms with Crippen molar-refractivity contribution in [2.45, 2.75) is 19.8 Å². The zero-order chi connectivity index (χ0) is 8.20. The van der Waals surface area contributed by atoms with E-state index in [1.165, 1.54) is 0 Å². The SMILES string of the molecule is O.[CH3][Sn]([CH3])[O][Sn]([CH3])([CH3])[N]=C=S. The molecular weight excluding hydrogens is 376 g/mol. The molecule has 0 heterocycles. The topological polar surface area (TPSA) is 53.1 Å². The number of hydrogen-bond donors (Lipinski definition) is 0. The maximum absolute atomic E-state index is 5.79. The Balaban J connectivity index is 0. The van der Waals surface area contributed by atoms with E-state index in [2.05, 4.69) is 40.4 Å². The van der Waals surface area contributed by atoms with E-state index in [0.717, 1.165) is 0 Å². The Morgan fingerprint density at radius 3 is 2.18 bits per heavy atom. The van der Waals surface area contributed by atoms with Gasteiger partial charge in [-0.05, 0) is 0 Å². The number of thiocarbonyl (C=S) groups is 1. The van der Waals surface area contributed by atoms with Crippen molar-refractivity contribution in [1.82, 2.24) is 0 Å². The minimum absolute atomic E-state index is 0. The van der Waals surface area contributed by atoms with Crippen molar-refractivity contribution in [2.24, 2.45) is 3.21 Å². The Morgan fingerprint density at radius 1 is 1.45 bits per heavy atom. The summed E-state index contributed by atoms with van der Waals surface area (Å²) in [4.78, 5) is 8.64. The van der Waals surface area contributed by atoms with Gasteiger partial charge in [0.05, 0.1) is 0 Å². The summed E-state index contributed by atoms with van der Waals surface area (Å²) in [6.07, 6.45) is 0. The predicted molar refractivity (Wildman–Crippen MR) is 54.7 cm³/mol. The second kappa shape index (κ2) is 6.79. The average Bonchev–Trinajstić information content (AvgIpc) is 1.59. The first-order chi connectivity index (χ1) is 4.48. The van der Waals surface area contributed by atoms with Crippen LogP contribution in [-0.2, 0) is 1.41 Å². The molecule has 3 nitrogen and oxygen atoms in total. The third-order valence-electron chi connectivity index (χ3n) is 0.769. The maximum atomic E-state index is 5.79. The van der Waals surface area contributed by atoms with Gasteiger partial charge < -0.3 is 5.48 Å². The van der Waals surface area contributed by atoms with Crippen LogP contribution in [0.15, 0.2) is 3.21 Å². The first-order valence-corrected chi connectivity index (χ1v) is 18.5. The monoisotopic (exact) mass is 392 g/mol. The molecule has 0 spiro atoms. The van der Waals surface area contributed by atoms with Crippen molar-refractivity contribution in [3.63, 3.8) is 0 Å². The van der Waals surface area contributed by atoms with Gasteiger partial charge in [0, 0.05) is 0 Å². The van der Waals surface area contributed by atoms with Crippen LogP contribution in [0.2, 0.25) is 19.8 Å². The van der Waals surface area contributed by atoms with E-state index in [1.807, 2.05) is 0 Å². The summed E-state index contributed by atoms with van der Waals surface area (Å²) in [5.74, 6) is 0. The molecule has 0 aromatic heterocycles. The summed E-state index contributed by atoms with van der Waals surface area (Å²) in [6, 6.07) is 0. The molecule has 0 saturated carbocycles. The summed E-state index contributed by atoms with van der Waals surface area (Å²) in [5.41, 5.74) is 0. The molecule has 0 atom stereocenters. The van der Waals surface area contributed by atoms with Crippen molar-refractivity contribution in [3.8, 4) is 0 Å². The molecule has 65 valence electrons. The van der Waals surface area contributed by atoms with E-state index in [4.69, 9.17) is 1.41 Å². The zero-order valence-electron chi connectivity index (χ0n) is 7.26. The van der Waals surface area contributed by atoms with Crippen LogP contribution >= 0.6 is 12.2 Å². The zero-order valence-corrected chi connectivity index (χ0v) is 13.8. The number of rotatable bonds is 3. The Hall–Kier alpha value is 1.32. The van der Waals surface area contributed by atoms with Gasteiger partial charge in [0.25, 0.3) is 0 Å². The van der Waals surface area contributed by atoms with Gasteiger partial charge in [-0.1, -0.05) is 0 Å². The van der Waals surface area contributed by atoms with E-state index in [-0.39, 0.29) is 5.48 Å². The Labute approximate surface area is 85.6 Å². The van der Waals surface area contributed by atoms with Gasteiger partial charge in [-0.3, -0.25) is 0 Å². The molecule has 0 aromatic rings. The summed E-state index contributed by atoms with van der Waals surface area (Å²) in [6.45, 7) is 0. The predicted octanol–water partition coefficient (Wildman–Crippen LogP) is 1.23. The summed E-state index contributed by atoms with van der Waals surface area (Å²) < 4.78 is 9.89. The van der Waals surface area contributed by atoms with Crippen LogP contribution in [0, 0.1) is 0 Å². The first-order valence-electron chi connectivity index (χ1n) is 3.06. The quantitative estimate of drug-likeness (QED) is 0.414. The van der Waals surface area contributed by atoms with Crippen LogP contribution in [0.5, 0.6) is 0 Å². The number of isothiocyanates is 1. The van der Waals surface area contributed by atoms with Crippen molar-refractivity contribution < 1.29 is 6.89 Å². The molecular formula is C5H14NO2SSn2. The fourth-order valence-corrected chi connectivity index (χ4v) is 25.7. The van der Waals surface area contributed by atoms with Gasteiger partial charge in [-0.15, -0.1) is 0 Å². The fraction of sp³-hybridized carbons (Fsp3) is 0.800. The van der Waals surface area contributed by atoms with E-state index < -0.39 is 39.2 Å². The normalized spacial score (nSPS) is 10.3. The Morgan fingerprint density at radius 2 is 1.91 bits per heavy atom. The van der Waals surface area contributed by atoms with Crippen LogP contribution < -0.4 is 0 Å². The number of hydrogen-bond acceptors (Lipinski definition) is 3. The summed E-state index contributed by atoms with van der Waals surface area (Å²) in [5, 5.41) is 2.42. The Bertz CT molecular complexity index is 157. The molecule has 0 aromatic carbocycles. The van der Waals surface area contributed by atoms with Gasteiger partial charge in [0.15, 0.2) is 0 Å². The van der Waals surface area contributed by atoms with Crippen molar-refractivity contribution in [3.05, 3.63) is 0 Å². The van der Waals surface area contributed by atoms with Gasteiger partial charge in [0.2, 0.25) is 0 Å². The van der Waals surface area contributed by atoms with E-state index in [1.54, 1.807) is 0 Å². The molecule has 0 unspecified atom stereocenters. The van der Waals surface area contributed by atoms with Gasteiger partial charge in [-0.2, -0.15) is 0 Å². The molecule has 0 aliphatic rings. The molecule has 0 saturated heterocycles. The van der Waals surface area contributed by atoms with E-state index in [0.29, 0.717) is 0 Å². The molecule has 1 radical (unpaired) electrons. The molecule has 0 fully saturated rings. The molecule has 0 rings (SSSR count). The van der Waals surface area contributed by atoms with Crippen molar-refractivity contribution in [2.75, 3.05) is 0 Å². The first kappa shape index (κ1) is 14.8. The fourth-order valence-electron chi connectivity index (χ4n) is 0.632. The van der Waals surface area contributed by atoms with Crippen LogP contribution in [0.1, 0.15) is 0 Å². The van der Waals surface area contributed by atoms with E-state index in [9.17, 15) is 0 Å². The van der Waals surface area contributed by atoms with Crippen molar-refractivity contribution in [1.29, 1.82) is 0 Å².